The second-order valence-electron chi connectivity index (χ2n) is 8.30. The molecular weight excluding hydrogens is 424 g/mol. The third kappa shape index (κ3) is 3.21. The Morgan fingerprint density at radius 3 is 2.53 bits per heavy atom. The lowest BCUT2D eigenvalue weighted by molar-refractivity contribution is -0.116. The minimum absolute atomic E-state index is 0.0325. The Balaban J connectivity index is 1.47. The first-order valence-electron chi connectivity index (χ1n) is 10.7. The first-order chi connectivity index (χ1) is 15.7. The van der Waals surface area contributed by atoms with E-state index in [-0.39, 0.29) is 24.5 Å². The van der Waals surface area contributed by atoms with Crippen LogP contribution in [0, 0.1) is 0 Å². The van der Waals surface area contributed by atoms with Gasteiger partial charge in [-0.15, -0.1) is 0 Å². The molecule has 3 aromatic rings. The molecule has 0 saturated carbocycles. The average molecular weight is 445 g/mol. The number of carbonyl (C=O) groups excluding carboxylic acids is 1. The van der Waals surface area contributed by atoms with E-state index >= 15 is 0 Å². The van der Waals surface area contributed by atoms with Crippen LogP contribution in [-0.4, -0.2) is 12.6 Å². The Morgan fingerprint density at radius 2 is 1.66 bits per heavy atom. The Bertz CT molecular complexity index is 1270. The van der Waals surface area contributed by atoms with Crippen molar-refractivity contribution in [1.29, 1.82) is 0 Å². The number of hydrogen-bond acceptors (Lipinski definition) is 5. The molecule has 0 radical (unpaired) electrons. The van der Waals surface area contributed by atoms with Crippen LogP contribution in [0.2, 0.25) is 5.02 Å². The van der Waals surface area contributed by atoms with Gasteiger partial charge in [-0.25, -0.2) is 0 Å². The number of Topliss-reactive ketones (excluding diaryl/α,β-unsaturated/α-hetero) is 1. The van der Waals surface area contributed by atoms with Gasteiger partial charge in [-0.05, 0) is 53.8 Å². The van der Waals surface area contributed by atoms with Gasteiger partial charge in [0.05, 0.1) is 17.4 Å². The minimum atomic E-state index is -0.296. The van der Waals surface area contributed by atoms with E-state index in [1.807, 2.05) is 66.7 Å². The highest BCUT2D eigenvalue weighted by atomic mass is 35.5. The highest BCUT2D eigenvalue weighted by molar-refractivity contribution is 6.31. The molecule has 0 spiro atoms. The molecule has 2 N–H and O–H groups in total. The maximum absolute atomic E-state index is 13.6. The van der Waals surface area contributed by atoms with Crippen LogP contribution < -0.4 is 20.1 Å². The molecule has 6 heteroatoms. The summed E-state index contributed by atoms with van der Waals surface area (Å²) >= 11 is 6.49. The summed E-state index contributed by atoms with van der Waals surface area (Å²) in [4.78, 5) is 13.6. The maximum Gasteiger partial charge on any atom is 0.231 e. The fourth-order valence-electron chi connectivity index (χ4n) is 4.86. The summed E-state index contributed by atoms with van der Waals surface area (Å²) in [5, 5.41) is 7.86. The van der Waals surface area contributed by atoms with Crippen molar-refractivity contribution in [3.63, 3.8) is 0 Å². The predicted molar refractivity (Wildman–Crippen MR) is 124 cm³/mol. The van der Waals surface area contributed by atoms with Crippen molar-refractivity contribution in [2.75, 3.05) is 17.4 Å². The fourth-order valence-corrected chi connectivity index (χ4v) is 5.15. The summed E-state index contributed by atoms with van der Waals surface area (Å²) in [7, 11) is 0. The number of para-hydroxylation sites is 2. The van der Waals surface area contributed by atoms with Crippen LogP contribution in [0.25, 0.3) is 0 Å². The Labute approximate surface area is 191 Å². The van der Waals surface area contributed by atoms with Gasteiger partial charge in [0.2, 0.25) is 6.79 Å². The zero-order chi connectivity index (χ0) is 21.7. The zero-order valence-electron chi connectivity index (χ0n) is 17.2. The van der Waals surface area contributed by atoms with Gasteiger partial charge >= 0.3 is 0 Å². The van der Waals surface area contributed by atoms with Crippen LogP contribution >= 0.6 is 11.6 Å². The van der Waals surface area contributed by atoms with E-state index in [0.29, 0.717) is 23.6 Å². The van der Waals surface area contributed by atoms with E-state index < -0.39 is 0 Å². The fraction of sp³-hybridized carbons (Fsp3) is 0.192. The van der Waals surface area contributed by atoms with E-state index in [0.717, 1.165) is 39.5 Å². The molecule has 3 aromatic carbocycles. The Hall–Kier alpha value is -3.44. The van der Waals surface area contributed by atoms with Gasteiger partial charge in [0, 0.05) is 22.7 Å². The number of ketones is 1. The van der Waals surface area contributed by atoms with Crippen molar-refractivity contribution in [1.82, 2.24) is 0 Å². The average Bonchev–Trinajstić information content (AvgIpc) is 3.20. The monoisotopic (exact) mass is 444 g/mol. The van der Waals surface area contributed by atoms with Crippen LogP contribution in [0.1, 0.15) is 35.9 Å². The molecule has 2 aliphatic heterocycles. The van der Waals surface area contributed by atoms with Gasteiger partial charge in [-0.1, -0.05) is 48.0 Å². The normalized spacial score (nSPS) is 21.2. The number of halogens is 1. The number of hydrogen-bond donors (Lipinski definition) is 2. The predicted octanol–water partition coefficient (Wildman–Crippen LogP) is 6.05. The standard InChI is InChI=1S/C26H21ClN2O3/c27-18-6-2-1-5-17(18)16-11-21-25(22(30)12-16)26(29-20-8-4-3-7-19(20)28-21)15-9-10-23-24(13-15)32-14-31-23/h1-10,13,16,26,28-29H,11-12,14H2. The molecule has 0 saturated heterocycles. The number of fused-ring (bicyclic) bond motifs is 2. The first kappa shape index (κ1) is 19.3. The number of nitrogens with one attached hydrogen (secondary N) is 2. The van der Waals surface area contributed by atoms with Crippen LogP contribution in [0.15, 0.2) is 78.0 Å². The molecule has 32 heavy (non-hydrogen) atoms. The lowest BCUT2D eigenvalue weighted by atomic mass is 9.78. The van der Waals surface area contributed by atoms with Gasteiger partial charge in [-0.3, -0.25) is 4.79 Å². The van der Waals surface area contributed by atoms with E-state index in [1.165, 1.54) is 0 Å². The van der Waals surface area contributed by atoms with Gasteiger partial charge in [0.15, 0.2) is 17.3 Å². The smallest absolute Gasteiger partial charge is 0.231 e. The third-order valence-corrected chi connectivity index (χ3v) is 6.73. The second kappa shape index (κ2) is 7.61. The van der Waals surface area contributed by atoms with Gasteiger partial charge < -0.3 is 20.1 Å². The lowest BCUT2D eigenvalue weighted by Crippen LogP contribution is -2.27. The molecule has 5 nitrogen and oxygen atoms in total. The molecule has 0 amide bonds. The van der Waals surface area contributed by atoms with Crippen molar-refractivity contribution in [2.24, 2.45) is 0 Å². The Morgan fingerprint density at radius 1 is 0.875 bits per heavy atom. The number of anilines is 2. The molecular formula is C26H21ClN2O3. The van der Waals surface area contributed by atoms with Crippen molar-refractivity contribution in [3.8, 4) is 11.5 Å². The van der Waals surface area contributed by atoms with Crippen LogP contribution in [0.5, 0.6) is 11.5 Å². The van der Waals surface area contributed by atoms with Crippen molar-refractivity contribution < 1.29 is 14.3 Å². The molecule has 1 aliphatic carbocycles. The van der Waals surface area contributed by atoms with Gasteiger partial charge in [0.1, 0.15) is 0 Å². The Kier molecular flexibility index (Phi) is 4.58. The van der Waals surface area contributed by atoms with Crippen molar-refractivity contribution in [3.05, 3.63) is 94.1 Å². The number of rotatable bonds is 2. The second-order valence-corrected chi connectivity index (χ2v) is 8.71. The summed E-state index contributed by atoms with van der Waals surface area (Å²) in [5.41, 5.74) is 5.59. The van der Waals surface area contributed by atoms with Crippen molar-refractivity contribution in [2.45, 2.75) is 24.8 Å². The third-order valence-electron chi connectivity index (χ3n) is 6.38. The molecule has 160 valence electrons. The van der Waals surface area contributed by atoms with Crippen LogP contribution in [-0.2, 0) is 4.79 Å². The molecule has 6 rings (SSSR count). The van der Waals surface area contributed by atoms with Crippen LogP contribution in [0.4, 0.5) is 11.4 Å². The molecule has 0 aromatic heterocycles. The van der Waals surface area contributed by atoms with E-state index in [2.05, 4.69) is 10.6 Å². The SMILES string of the molecule is O=C1CC(c2ccccc2Cl)CC2=C1C(c1ccc3c(c1)OCO3)Nc1ccccc1N2. The molecule has 2 heterocycles. The summed E-state index contributed by atoms with van der Waals surface area (Å²) in [5.74, 6) is 1.58. The largest absolute Gasteiger partial charge is 0.454 e. The molecule has 3 aliphatic rings. The number of carbonyl (C=O) groups is 1. The summed E-state index contributed by atoms with van der Waals surface area (Å²) in [6.07, 6.45) is 1.13. The van der Waals surface area contributed by atoms with E-state index in [1.54, 1.807) is 0 Å². The van der Waals surface area contributed by atoms with E-state index in [9.17, 15) is 4.79 Å². The van der Waals surface area contributed by atoms with Gasteiger partial charge in [0.25, 0.3) is 0 Å². The van der Waals surface area contributed by atoms with Crippen LogP contribution in [0.3, 0.4) is 0 Å². The van der Waals surface area contributed by atoms with Crippen molar-refractivity contribution >= 4 is 28.8 Å². The number of ether oxygens (including phenoxy) is 2. The molecule has 0 fully saturated rings. The first-order valence-corrected chi connectivity index (χ1v) is 11.1. The summed E-state index contributed by atoms with van der Waals surface area (Å²) < 4.78 is 11.1. The highest BCUT2D eigenvalue weighted by Gasteiger charge is 2.37. The highest BCUT2D eigenvalue weighted by Crippen LogP contribution is 2.46. The maximum atomic E-state index is 13.6. The minimum Gasteiger partial charge on any atom is -0.454 e. The van der Waals surface area contributed by atoms with Gasteiger partial charge in [-0.2, -0.15) is 0 Å². The molecule has 0 bridgehead atoms. The topological polar surface area (TPSA) is 59.6 Å². The lowest BCUT2D eigenvalue weighted by Gasteiger charge is -2.30. The molecule has 2 atom stereocenters. The summed E-state index contributed by atoms with van der Waals surface area (Å²) in [6.45, 7) is 0.216. The number of allylic oxidation sites excluding steroid dienone is 1. The van der Waals surface area contributed by atoms with E-state index in [4.69, 9.17) is 21.1 Å². The summed E-state index contributed by atoms with van der Waals surface area (Å²) in [6, 6.07) is 21.4. The quantitative estimate of drug-likeness (QED) is 0.504. The molecule has 2 unspecified atom stereocenters. The zero-order valence-corrected chi connectivity index (χ0v) is 18.0. The number of benzene rings is 3.